The van der Waals surface area contributed by atoms with E-state index in [9.17, 15) is 9.59 Å². The number of rotatable bonds is 5. The highest BCUT2D eigenvalue weighted by molar-refractivity contribution is 6.09. The summed E-state index contributed by atoms with van der Waals surface area (Å²) in [5.74, 6) is -0.162. The molecule has 0 N–H and O–H groups in total. The molecule has 5 heteroatoms. The van der Waals surface area contributed by atoms with Gasteiger partial charge in [-0.15, -0.1) is 0 Å². The van der Waals surface area contributed by atoms with E-state index in [1.807, 2.05) is 83.8 Å². The largest absolute Gasteiger partial charge is 0.326 e. The highest BCUT2D eigenvalue weighted by Crippen LogP contribution is 2.43. The van der Waals surface area contributed by atoms with Gasteiger partial charge in [-0.3, -0.25) is 14.5 Å². The van der Waals surface area contributed by atoms with Crippen LogP contribution in [0.15, 0.2) is 109 Å². The molecule has 5 aromatic rings. The van der Waals surface area contributed by atoms with Crippen molar-refractivity contribution in [1.82, 2.24) is 9.47 Å². The van der Waals surface area contributed by atoms with Crippen LogP contribution in [0.5, 0.6) is 0 Å². The van der Waals surface area contributed by atoms with Gasteiger partial charge in [-0.2, -0.15) is 0 Å². The number of nitrogens with zero attached hydrogens (tertiary/aromatic N) is 3. The second kappa shape index (κ2) is 9.28. The van der Waals surface area contributed by atoms with Crippen LogP contribution >= 0.6 is 0 Å². The van der Waals surface area contributed by atoms with Crippen molar-refractivity contribution in [2.24, 2.45) is 0 Å². The van der Waals surface area contributed by atoms with Crippen LogP contribution < -0.4 is 4.90 Å². The van der Waals surface area contributed by atoms with E-state index in [-0.39, 0.29) is 30.4 Å². The molecule has 2 aliphatic rings. The molecule has 1 aliphatic heterocycles. The van der Waals surface area contributed by atoms with E-state index in [0.29, 0.717) is 5.56 Å². The molecule has 1 aliphatic carbocycles. The molecule has 39 heavy (non-hydrogen) atoms. The summed E-state index contributed by atoms with van der Waals surface area (Å²) in [7, 11) is 0. The van der Waals surface area contributed by atoms with Gasteiger partial charge in [0.2, 0.25) is 5.91 Å². The van der Waals surface area contributed by atoms with E-state index < -0.39 is 0 Å². The quantitative estimate of drug-likeness (QED) is 0.264. The van der Waals surface area contributed by atoms with Gasteiger partial charge in [0.15, 0.2) is 0 Å². The molecule has 4 aromatic carbocycles. The summed E-state index contributed by atoms with van der Waals surface area (Å²) in [5.41, 5.74) is 5.69. The van der Waals surface area contributed by atoms with Gasteiger partial charge in [0.25, 0.3) is 5.91 Å². The predicted octanol–water partition coefficient (Wildman–Crippen LogP) is 6.68. The Morgan fingerprint density at radius 3 is 2.38 bits per heavy atom. The van der Waals surface area contributed by atoms with Crippen molar-refractivity contribution in [2.45, 2.75) is 31.8 Å². The average Bonchev–Trinajstić information content (AvgIpc) is 3.69. The Balaban J connectivity index is 1.30. The maximum atomic E-state index is 14.4. The fourth-order valence-corrected chi connectivity index (χ4v) is 5.96. The average molecular weight is 512 g/mol. The minimum Gasteiger partial charge on any atom is -0.326 e. The molecule has 1 unspecified atom stereocenters. The Morgan fingerprint density at radius 1 is 0.821 bits per heavy atom. The van der Waals surface area contributed by atoms with Crippen LogP contribution in [0.1, 0.15) is 46.1 Å². The first-order chi connectivity index (χ1) is 19.1. The second-order valence-electron chi connectivity index (χ2n) is 10.6. The summed E-state index contributed by atoms with van der Waals surface area (Å²) in [6, 6.07) is 34.0. The SMILES string of the molecule is Cc1cccc(C2c3cccn3-c3ccccc3N2C(=O)CN(C(=O)c2cccc3ccccc23)C2CC2)c1. The Bertz CT molecular complexity index is 1730. The summed E-state index contributed by atoms with van der Waals surface area (Å²) in [4.78, 5) is 32.1. The molecular formula is C34H29N3O2. The standard InChI is InChI=1S/C34H29N3O2/c1-23-9-6-12-25(21-23)33-31-17-8-20-35(31)29-15-4-5-16-30(29)37(33)32(38)22-36(26-18-19-26)34(39)28-14-7-11-24-10-2-3-13-27(24)28/h2-17,20-21,26,33H,18-19,22H2,1H3. The Kier molecular flexibility index (Phi) is 5.58. The summed E-state index contributed by atoms with van der Waals surface area (Å²) < 4.78 is 2.17. The molecule has 192 valence electrons. The van der Waals surface area contributed by atoms with Crippen LogP contribution in [0.25, 0.3) is 16.5 Å². The van der Waals surface area contributed by atoms with Gasteiger partial charge in [-0.1, -0.05) is 78.4 Å². The fourth-order valence-electron chi connectivity index (χ4n) is 5.96. The molecule has 1 atom stereocenters. The van der Waals surface area contributed by atoms with Gasteiger partial charge in [0.05, 0.1) is 17.1 Å². The summed E-state index contributed by atoms with van der Waals surface area (Å²) in [5, 5.41) is 1.94. The van der Waals surface area contributed by atoms with Crippen LogP contribution in [-0.2, 0) is 4.79 Å². The summed E-state index contributed by atoms with van der Waals surface area (Å²) in [6.07, 6.45) is 3.90. The molecule has 0 saturated heterocycles. The van der Waals surface area contributed by atoms with Crippen LogP contribution in [0.4, 0.5) is 5.69 Å². The molecule has 0 bridgehead atoms. The lowest BCUT2D eigenvalue weighted by Gasteiger charge is -2.39. The number of carbonyl (C=O) groups is 2. The lowest BCUT2D eigenvalue weighted by Crippen LogP contribution is -2.47. The number of hydrogen-bond donors (Lipinski definition) is 0. The first-order valence-corrected chi connectivity index (χ1v) is 13.5. The number of benzene rings is 4. The van der Waals surface area contributed by atoms with Crippen molar-refractivity contribution < 1.29 is 9.59 Å². The van der Waals surface area contributed by atoms with Crippen LogP contribution in [0, 0.1) is 6.92 Å². The lowest BCUT2D eigenvalue weighted by atomic mass is 9.96. The van der Waals surface area contributed by atoms with Gasteiger partial charge in [0.1, 0.15) is 12.6 Å². The van der Waals surface area contributed by atoms with Crippen molar-refractivity contribution in [3.8, 4) is 5.69 Å². The molecular weight excluding hydrogens is 482 g/mol. The smallest absolute Gasteiger partial charge is 0.255 e. The van der Waals surface area contributed by atoms with Gasteiger partial charge in [0, 0.05) is 17.8 Å². The van der Waals surface area contributed by atoms with Crippen molar-refractivity contribution in [3.05, 3.63) is 132 Å². The number of carbonyl (C=O) groups excluding carboxylic acids is 2. The first-order valence-electron chi connectivity index (χ1n) is 13.5. The Morgan fingerprint density at radius 2 is 1.56 bits per heavy atom. The topological polar surface area (TPSA) is 45.6 Å². The van der Waals surface area contributed by atoms with Crippen LogP contribution in [0.3, 0.4) is 0 Å². The van der Waals surface area contributed by atoms with E-state index in [0.717, 1.165) is 51.8 Å². The van der Waals surface area contributed by atoms with Crippen molar-refractivity contribution >= 4 is 28.3 Å². The third kappa shape index (κ3) is 4.02. The Labute approximate surface area is 227 Å². The van der Waals surface area contributed by atoms with E-state index >= 15 is 0 Å². The number of fused-ring (bicyclic) bond motifs is 4. The zero-order valence-electron chi connectivity index (χ0n) is 21.8. The zero-order valence-corrected chi connectivity index (χ0v) is 21.8. The highest BCUT2D eigenvalue weighted by Gasteiger charge is 2.40. The Hall–Kier alpha value is -4.64. The van der Waals surface area contributed by atoms with Gasteiger partial charge >= 0.3 is 0 Å². The fraction of sp³-hybridized carbons (Fsp3) is 0.176. The molecule has 2 amide bonds. The number of amides is 2. The van der Waals surface area contributed by atoms with E-state index in [1.165, 1.54) is 0 Å². The number of anilines is 1. The lowest BCUT2D eigenvalue weighted by molar-refractivity contribution is -0.119. The normalized spacial score (nSPS) is 16.0. The molecule has 1 saturated carbocycles. The number of aromatic nitrogens is 1. The predicted molar refractivity (Wildman–Crippen MR) is 154 cm³/mol. The number of hydrogen-bond acceptors (Lipinski definition) is 2. The summed E-state index contributed by atoms with van der Waals surface area (Å²) >= 11 is 0. The third-order valence-corrected chi connectivity index (χ3v) is 7.92. The molecule has 2 heterocycles. The van der Waals surface area contributed by atoms with Crippen molar-refractivity contribution in [2.75, 3.05) is 11.4 Å². The number of aryl methyl sites for hydroxylation is 1. The van der Waals surface area contributed by atoms with E-state index in [2.05, 4.69) is 42.0 Å². The zero-order chi connectivity index (χ0) is 26.5. The van der Waals surface area contributed by atoms with Crippen LogP contribution in [-0.4, -0.2) is 33.9 Å². The molecule has 0 radical (unpaired) electrons. The van der Waals surface area contributed by atoms with Crippen LogP contribution in [0.2, 0.25) is 0 Å². The highest BCUT2D eigenvalue weighted by atomic mass is 16.2. The molecule has 1 aromatic heterocycles. The molecule has 0 spiro atoms. The van der Waals surface area contributed by atoms with E-state index in [4.69, 9.17) is 0 Å². The minimum absolute atomic E-state index is 0.0318. The third-order valence-electron chi connectivity index (χ3n) is 7.92. The minimum atomic E-state index is -0.295. The first kappa shape index (κ1) is 23.5. The van der Waals surface area contributed by atoms with Gasteiger partial charge in [-0.25, -0.2) is 0 Å². The summed E-state index contributed by atoms with van der Waals surface area (Å²) in [6.45, 7) is 2.10. The molecule has 1 fully saturated rings. The number of para-hydroxylation sites is 2. The van der Waals surface area contributed by atoms with Gasteiger partial charge < -0.3 is 9.47 Å². The molecule has 7 rings (SSSR count). The van der Waals surface area contributed by atoms with Crippen molar-refractivity contribution in [3.63, 3.8) is 0 Å². The maximum absolute atomic E-state index is 14.4. The second-order valence-corrected chi connectivity index (χ2v) is 10.6. The van der Waals surface area contributed by atoms with Gasteiger partial charge in [-0.05, 0) is 66.4 Å². The monoisotopic (exact) mass is 511 g/mol. The van der Waals surface area contributed by atoms with E-state index in [1.54, 1.807) is 4.90 Å². The molecule has 5 nitrogen and oxygen atoms in total. The maximum Gasteiger partial charge on any atom is 0.255 e. The van der Waals surface area contributed by atoms with Crippen molar-refractivity contribution in [1.29, 1.82) is 0 Å².